The van der Waals surface area contributed by atoms with Gasteiger partial charge in [0, 0.05) is 22.2 Å². The van der Waals surface area contributed by atoms with Crippen molar-refractivity contribution in [2.24, 2.45) is 11.8 Å². The van der Waals surface area contributed by atoms with Crippen LogP contribution < -0.4 is 4.90 Å². The summed E-state index contributed by atoms with van der Waals surface area (Å²) in [4.78, 5) is 2.55. The van der Waals surface area contributed by atoms with Gasteiger partial charge in [0.2, 0.25) is 0 Å². The van der Waals surface area contributed by atoms with E-state index in [0.29, 0.717) is 5.92 Å². The van der Waals surface area contributed by atoms with E-state index in [4.69, 9.17) is 0 Å². The maximum absolute atomic E-state index is 2.55. The molecular formula is C54H51N. The van der Waals surface area contributed by atoms with E-state index < -0.39 is 0 Å². The monoisotopic (exact) mass is 713 g/mol. The molecule has 55 heavy (non-hydrogen) atoms. The Balaban J connectivity index is 1.03. The van der Waals surface area contributed by atoms with E-state index in [9.17, 15) is 0 Å². The summed E-state index contributed by atoms with van der Waals surface area (Å²) in [6.45, 7) is 4.83. The molecule has 0 radical (unpaired) electrons. The van der Waals surface area contributed by atoms with Gasteiger partial charge in [-0.1, -0.05) is 143 Å². The Kier molecular flexibility index (Phi) is 7.84. The Morgan fingerprint density at radius 1 is 0.509 bits per heavy atom. The minimum atomic E-state index is -0.122. The molecule has 0 N–H and O–H groups in total. The fourth-order valence-corrected chi connectivity index (χ4v) is 11.6. The zero-order valence-corrected chi connectivity index (χ0v) is 32.4. The number of hydrogen-bond donors (Lipinski definition) is 0. The van der Waals surface area contributed by atoms with Gasteiger partial charge in [-0.05, 0) is 153 Å². The standard InChI is InChI=1S/C54H51N/c1-54(2)51-29-23-42(46-16-8-13-37-12-6-7-15-45(37)46)33-50(51)48-28-26-44(34-52(48)54)55(43-24-20-38(21-25-43)49-31-35-18-19-41(49)30-35)53-17-9-14-40-32-39(22-27-47(40)53)36-10-4-3-5-11-36/h6-9,12-17,20-29,32-36,41,49H,3-5,10-11,18-19,30-31H2,1-2H3. The Morgan fingerprint density at radius 3 is 2.13 bits per heavy atom. The van der Waals surface area contributed by atoms with Crippen LogP contribution in [0.3, 0.4) is 0 Å². The molecule has 4 aliphatic carbocycles. The molecule has 0 aromatic heterocycles. The highest BCUT2D eigenvalue weighted by Crippen LogP contribution is 2.54. The van der Waals surface area contributed by atoms with Gasteiger partial charge in [-0.3, -0.25) is 0 Å². The molecule has 3 fully saturated rings. The molecule has 0 aliphatic heterocycles. The maximum Gasteiger partial charge on any atom is 0.0540 e. The molecule has 3 saturated carbocycles. The van der Waals surface area contributed by atoms with Gasteiger partial charge in [0.1, 0.15) is 0 Å². The fourth-order valence-electron chi connectivity index (χ4n) is 11.6. The highest BCUT2D eigenvalue weighted by atomic mass is 15.1. The number of nitrogens with zero attached hydrogens (tertiary/aromatic N) is 1. The van der Waals surface area contributed by atoms with E-state index >= 15 is 0 Å². The first kappa shape index (κ1) is 33.2. The zero-order chi connectivity index (χ0) is 36.7. The molecule has 272 valence electrons. The molecule has 1 heteroatoms. The second-order valence-corrected chi connectivity index (χ2v) is 17.9. The molecule has 4 aliphatic rings. The predicted octanol–water partition coefficient (Wildman–Crippen LogP) is 15.4. The average molecular weight is 714 g/mol. The van der Waals surface area contributed by atoms with Crippen molar-refractivity contribution in [2.45, 2.75) is 88.9 Å². The van der Waals surface area contributed by atoms with Gasteiger partial charge in [0.05, 0.1) is 5.69 Å². The van der Waals surface area contributed by atoms with Crippen molar-refractivity contribution in [3.63, 3.8) is 0 Å². The normalized spacial score (nSPS) is 21.2. The van der Waals surface area contributed by atoms with E-state index in [1.54, 1.807) is 5.56 Å². The Bertz CT molecular complexity index is 2580. The lowest BCUT2D eigenvalue weighted by Crippen LogP contribution is -2.17. The van der Waals surface area contributed by atoms with Crippen LogP contribution in [0.2, 0.25) is 0 Å². The van der Waals surface area contributed by atoms with Gasteiger partial charge in [-0.25, -0.2) is 0 Å². The molecule has 0 saturated heterocycles. The van der Waals surface area contributed by atoms with Crippen LogP contribution in [0.15, 0.2) is 140 Å². The largest absolute Gasteiger partial charge is 0.310 e. The van der Waals surface area contributed by atoms with Crippen LogP contribution in [0.5, 0.6) is 0 Å². The van der Waals surface area contributed by atoms with Crippen molar-refractivity contribution in [1.82, 2.24) is 0 Å². The van der Waals surface area contributed by atoms with E-state index in [0.717, 1.165) is 17.8 Å². The van der Waals surface area contributed by atoms with Crippen LogP contribution in [0.1, 0.15) is 106 Å². The predicted molar refractivity (Wildman–Crippen MR) is 233 cm³/mol. The minimum absolute atomic E-state index is 0.122. The van der Waals surface area contributed by atoms with Crippen LogP contribution in [-0.2, 0) is 5.41 Å². The van der Waals surface area contributed by atoms with Crippen LogP contribution in [-0.4, -0.2) is 0 Å². The summed E-state index contributed by atoms with van der Waals surface area (Å²) in [5.41, 5.74) is 14.8. The summed E-state index contributed by atoms with van der Waals surface area (Å²) < 4.78 is 0. The first-order valence-electron chi connectivity index (χ1n) is 21.2. The van der Waals surface area contributed by atoms with Crippen LogP contribution in [0.4, 0.5) is 17.1 Å². The lowest BCUT2D eigenvalue weighted by atomic mass is 9.81. The maximum atomic E-state index is 2.55. The lowest BCUT2D eigenvalue weighted by Gasteiger charge is -2.30. The summed E-state index contributed by atoms with van der Waals surface area (Å²) in [7, 11) is 0. The second-order valence-electron chi connectivity index (χ2n) is 17.9. The molecule has 11 rings (SSSR count). The van der Waals surface area contributed by atoms with Crippen molar-refractivity contribution in [3.8, 4) is 22.3 Å². The molecule has 7 aromatic carbocycles. The van der Waals surface area contributed by atoms with Crippen molar-refractivity contribution >= 4 is 38.6 Å². The van der Waals surface area contributed by atoms with Crippen LogP contribution >= 0.6 is 0 Å². The zero-order valence-electron chi connectivity index (χ0n) is 32.4. The van der Waals surface area contributed by atoms with Crippen molar-refractivity contribution in [2.75, 3.05) is 4.90 Å². The lowest BCUT2D eigenvalue weighted by molar-refractivity contribution is 0.420. The molecule has 3 unspecified atom stereocenters. The smallest absolute Gasteiger partial charge is 0.0540 e. The third-order valence-electron chi connectivity index (χ3n) is 14.5. The first-order chi connectivity index (χ1) is 27.0. The summed E-state index contributed by atoms with van der Waals surface area (Å²) in [6.07, 6.45) is 12.4. The summed E-state index contributed by atoms with van der Waals surface area (Å²) in [6, 6.07) is 54.0. The molecule has 3 atom stereocenters. The fraction of sp³-hybridized carbons (Fsp3) is 0.296. The van der Waals surface area contributed by atoms with E-state index in [-0.39, 0.29) is 5.41 Å². The van der Waals surface area contributed by atoms with Crippen LogP contribution in [0, 0.1) is 11.8 Å². The Hall–Kier alpha value is -5.14. The number of fused-ring (bicyclic) bond motifs is 7. The molecule has 0 amide bonds. The molecular weight excluding hydrogens is 663 g/mol. The van der Waals surface area contributed by atoms with E-state index in [2.05, 4.69) is 158 Å². The van der Waals surface area contributed by atoms with Crippen molar-refractivity contribution in [1.29, 1.82) is 0 Å². The number of anilines is 3. The third kappa shape index (κ3) is 5.48. The van der Waals surface area contributed by atoms with Crippen LogP contribution in [0.25, 0.3) is 43.8 Å². The highest BCUT2D eigenvalue weighted by molar-refractivity contribution is 6.01. The van der Waals surface area contributed by atoms with Gasteiger partial charge >= 0.3 is 0 Å². The molecule has 2 bridgehead atoms. The molecule has 0 heterocycles. The third-order valence-corrected chi connectivity index (χ3v) is 14.5. The Labute approximate surface area is 327 Å². The topological polar surface area (TPSA) is 3.24 Å². The van der Waals surface area contributed by atoms with Gasteiger partial charge in [0.25, 0.3) is 0 Å². The first-order valence-corrected chi connectivity index (χ1v) is 21.2. The average Bonchev–Trinajstić information content (AvgIpc) is 3.94. The Morgan fingerprint density at radius 2 is 1.29 bits per heavy atom. The van der Waals surface area contributed by atoms with Gasteiger partial charge in [0.15, 0.2) is 0 Å². The number of benzene rings is 7. The highest BCUT2D eigenvalue weighted by Gasteiger charge is 2.40. The molecule has 0 spiro atoms. The number of rotatable bonds is 6. The second kappa shape index (κ2) is 13.0. The summed E-state index contributed by atoms with van der Waals surface area (Å²) >= 11 is 0. The SMILES string of the molecule is CC1(C)c2ccc(-c3cccc4ccccc34)cc2-c2ccc(N(c3ccc(C4CC5CCC4C5)cc3)c3cccc4cc(C5CCCCC5)ccc34)cc21. The molecule has 1 nitrogen and oxygen atoms in total. The quantitative estimate of drug-likeness (QED) is 0.166. The van der Waals surface area contributed by atoms with Gasteiger partial charge < -0.3 is 4.90 Å². The van der Waals surface area contributed by atoms with Gasteiger partial charge in [-0.2, -0.15) is 0 Å². The van der Waals surface area contributed by atoms with Crippen molar-refractivity contribution < 1.29 is 0 Å². The van der Waals surface area contributed by atoms with E-state index in [1.807, 2.05) is 0 Å². The summed E-state index contributed by atoms with van der Waals surface area (Å²) in [5.74, 6) is 3.25. The van der Waals surface area contributed by atoms with Gasteiger partial charge in [-0.15, -0.1) is 0 Å². The van der Waals surface area contributed by atoms with Crippen molar-refractivity contribution in [3.05, 3.63) is 162 Å². The van der Waals surface area contributed by atoms with E-state index in [1.165, 1.54) is 135 Å². The molecule has 7 aromatic rings. The minimum Gasteiger partial charge on any atom is -0.310 e. The number of hydrogen-bond acceptors (Lipinski definition) is 1. The summed E-state index contributed by atoms with van der Waals surface area (Å²) in [5, 5.41) is 5.26.